The number of ether oxygens (including phenoxy) is 2. The van der Waals surface area contributed by atoms with E-state index < -0.39 is 23.8 Å². The molecule has 1 fully saturated rings. The quantitative estimate of drug-likeness (QED) is 0.622. The van der Waals surface area contributed by atoms with Gasteiger partial charge in [-0.2, -0.15) is 0 Å². The molecule has 24 heavy (non-hydrogen) atoms. The normalized spacial score (nSPS) is 17.5. The molecule has 0 saturated heterocycles. The van der Waals surface area contributed by atoms with Gasteiger partial charge in [0.1, 0.15) is 6.61 Å². The maximum atomic E-state index is 12.0. The van der Waals surface area contributed by atoms with Crippen LogP contribution in [0.15, 0.2) is 30.3 Å². The fraction of sp³-hybridized carbons (Fsp3) is 0.529. The van der Waals surface area contributed by atoms with E-state index in [4.69, 9.17) is 9.47 Å². The minimum absolute atomic E-state index is 0.0826. The van der Waals surface area contributed by atoms with E-state index in [1.54, 1.807) is 6.92 Å². The van der Waals surface area contributed by atoms with E-state index in [0.717, 1.165) is 18.4 Å². The van der Waals surface area contributed by atoms with Gasteiger partial charge in [0.25, 0.3) is 5.91 Å². The molecule has 2 amide bonds. The van der Waals surface area contributed by atoms with Gasteiger partial charge in [0.15, 0.2) is 11.8 Å². The zero-order valence-corrected chi connectivity index (χ0v) is 14.0. The topological polar surface area (TPSA) is 96.9 Å². The van der Waals surface area contributed by atoms with Crippen LogP contribution in [0.4, 0.5) is 4.79 Å². The largest absolute Gasteiger partial charge is 0.445 e. The van der Waals surface area contributed by atoms with E-state index in [9.17, 15) is 14.7 Å². The molecular weight excluding hydrogens is 312 g/mol. The number of hydrogen-bond donors (Lipinski definition) is 3. The molecule has 3 N–H and O–H groups in total. The number of hydrogen-bond acceptors (Lipinski definition) is 5. The molecule has 1 saturated carbocycles. The van der Waals surface area contributed by atoms with Crippen molar-refractivity contribution in [2.75, 3.05) is 6.61 Å². The van der Waals surface area contributed by atoms with Crippen LogP contribution < -0.4 is 10.6 Å². The second-order valence-electron chi connectivity index (χ2n) is 5.91. The van der Waals surface area contributed by atoms with Gasteiger partial charge in [-0.15, -0.1) is 0 Å². The third-order valence-corrected chi connectivity index (χ3v) is 3.70. The SMILES string of the molecule is CCO[C@@](C)(NC(=O)OCc1ccccc1)[C@@H](O)C(=O)NC1CC1. The Hall–Kier alpha value is -2.12. The Morgan fingerprint density at radius 2 is 2.00 bits per heavy atom. The maximum absolute atomic E-state index is 12.0. The van der Waals surface area contributed by atoms with E-state index in [2.05, 4.69) is 10.6 Å². The minimum atomic E-state index is -1.57. The second kappa shape index (κ2) is 8.12. The summed E-state index contributed by atoms with van der Waals surface area (Å²) in [6.45, 7) is 3.45. The third kappa shape index (κ3) is 5.21. The summed E-state index contributed by atoms with van der Waals surface area (Å²) in [4.78, 5) is 24.1. The number of nitrogens with one attached hydrogen (secondary N) is 2. The van der Waals surface area contributed by atoms with Gasteiger partial charge in [-0.1, -0.05) is 30.3 Å². The number of aliphatic hydroxyl groups excluding tert-OH is 1. The number of rotatable bonds is 8. The van der Waals surface area contributed by atoms with E-state index in [0.29, 0.717) is 0 Å². The Kier molecular flexibility index (Phi) is 6.16. The number of carbonyl (C=O) groups is 2. The lowest BCUT2D eigenvalue weighted by Gasteiger charge is -2.33. The molecule has 2 atom stereocenters. The van der Waals surface area contributed by atoms with Crippen LogP contribution >= 0.6 is 0 Å². The molecule has 0 bridgehead atoms. The standard InChI is InChI=1S/C17H24N2O5/c1-3-24-17(2,14(20)15(21)18-13-9-10-13)19-16(22)23-11-12-7-5-4-6-8-12/h4-8,13-14,20H,3,9-11H2,1-2H3,(H,18,21)(H,19,22)/t14-,17+/m0/s1. The smallest absolute Gasteiger partial charge is 0.409 e. The maximum Gasteiger partial charge on any atom is 0.409 e. The summed E-state index contributed by atoms with van der Waals surface area (Å²) in [6.07, 6.45) is -0.511. The van der Waals surface area contributed by atoms with Gasteiger partial charge in [0.05, 0.1) is 0 Å². The van der Waals surface area contributed by atoms with Crippen molar-refractivity contribution in [3.05, 3.63) is 35.9 Å². The van der Waals surface area contributed by atoms with Crippen molar-refractivity contribution in [1.29, 1.82) is 0 Å². The third-order valence-electron chi connectivity index (χ3n) is 3.70. The zero-order chi connectivity index (χ0) is 17.6. The predicted octanol–water partition coefficient (Wildman–Crippen LogP) is 1.31. The lowest BCUT2D eigenvalue weighted by atomic mass is 10.1. The molecule has 0 aromatic heterocycles. The van der Waals surface area contributed by atoms with Gasteiger partial charge in [-0.05, 0) is 32.3 Å². The molecule has 7 heteroatoms. The number of carbonyl (C=O) groups excluding carboxylic acids is 2. The summed E-state index contributed by atoms with van der Waals surface area (Å²) in [7, 11) is 0. The second-order valence-corrected chi connectivity index (χ2v) is 5.91. The first kappa shape index (κ1) is 18.2. The van der Waals surface area contributed by atoms with Gasteiger partial charge >= 0.3 is 6.09 Å². The summed E-state index contributed by atoms with van der Waals surface area (Å²) in [5.41, 5.74) is -0.737. The molecule has 132 valence electrons. The van der Waals surface area contributed by atoms with E-state index >= 15 is 0 Å². The minimum Gasteiger partial charge on any atom is -0.445 e. The van der Waals surface area contributed by atoms with Crippen LogP contribution in [-0.2, 0) is 20.9 Å². The summed E-state index contributed by atoms with van der Waals surface area (Å²) in [6, 6.07) is 9.30. The zero-order valence-electron chi connectivity index (χ0n) is 14.0. The highest BCUT2D eigenvalue weighted by molar-refractivity contribution is 5.83. The molecule has 0 heterocycles. The van der Waals surface area contributed by atoms with Gasteiger partial charge in [-0.3, -0.25) is 10.1 Å². The number of alkyl carbamates (subject to hydrolysis) is 1. The average molecular weight is 336 g/mol. The molecule has 0 spiro atoms. The van der Waals surface area contributed by atoms with Crippen LogP contribution in [0, 0.1) is 0 Å². The van der Waals surface area contributed by atoms with Gasteiger partial charge in [-0.25, -0.2) is 4.79 Å². The highest BCUT2D eigenvalue weighted by atomic mass is 16.6. The summed E-state index contributed by atoms with van der Waals surface area (Å²) < 4.78 is 10.5. The number of amides is 2. The Morgan fingerprint density at radius 3 is 2.58 bits per heavy atom. The fourth-order valence-corrected chi connectivity index (χ4v) is 2.20. The molecule has 1 aromatic carbocycles. The van der Waals surface area contributed by atoms with Gasteiger partial charge in [0.2, 0.25) is 0 Å². The number of benzene rings is 1. The van der Waals surface area contributed by atoms with Crippen molar-refractivity contribution in [2.45, 2.75) is 51.2 Å². The van der Waals surface area contributed by atoms with E-state index in [1.807, 2.05) is 30.3 Å². The lowest BCUT2D eigenvalue weighted by Crippen LogP contribution is -2.61. The molecule has 0 radical (unpaired) electrons. The lowest BCUT2D eigenvalue weighted by molar-refractivity contribution is -0.157. The van der Waals surface area contributed by atoms with Crippen molar-refractivity contribution in [3.8, 4) is 0 Å². The molecule has 1 aliphatic rings. The van der Waals surface area contributed by atoms with Crippen molar-refractivity contribution in [2.24, 2.45) is 0 Å². The molecule has 7 nitrogen and oxygen atoms in total. The van der Waals surface area contributed by atoms with Gasteiger partial charge in [0, 0.05) is 12.6 Å². The Morgan fingerprint density at radius 1 is 1.33 bits per heavy atom. The predicted molar refractivity (Wildman–Crippen MR) is 87.0 cm³/mol. The molecule has 0 aliphatic heterocycles. The molecule has 0 unspecified atom stereocenters. The van der Waals surface area contributed by atoms with Crippen LogP contribution in [0.1, 0.15) is 32.3 Å². The molecule has 1 aromatic rings. The molecule has 2 rings (SSSR count). The monoisotopic (exact) mass is 336 g/mol. The van der Waals surface area contributed by atoms with Crippen LogP contribution in [0.3, 0.4) is 0 Å². The summed E-state index contributed by atoms with van der Waals surface area (Å²) in [5.74, 6) is -0.572. The summed E-state index contributed by atoms with van der Waals surface area (Å²) in [5, 5.41) is 15.4. The summed E-state index contributed by atoms with van der Waals surface area (Å²) >= 11 is 0. The first-order valence-electron chi connectivity index (χ1n) is 8.06. The highest BCUT2D eigenvalue weighted by Gasteiger charge is 2.42. The van der Waals surface area contributed by atoms with Crippen molar-refractivity contribution < 1.29 is 24.2 Å². The Balaban J connectivity index is 1.92. The highest BCUT2D eigenvalue weighted by Crippen LogP contribution is 2.20. The van der Waals surface area contributed by atoms with E-state index in [-0.39, 0.29) is 19.3 Å². The van der Waals surface area contributed by atoms with Crippen LogP contribution in [0.25, 0.3) is 0 Å². The van der Waals surface area contributed by atoms with Crippen LogP contribution in [0.5, 0.6) is 0 Å². The van der Waals surface area contributed by atoms with E-state index in [1.165, 1.54) is 6.92 Å². The van der Waals surface area contributed by atoms with Crippen molar-refractivity contribution in [3.63, 3.8) is 0 Å². The first-order valence-corrected chi connectivity index (χ1v) is 8.06. The first-order chi connectivity index (χ1) is 11.4. The van der Waals surface area contributed by atoms with Crippen LogP contribution in [-0.4, -0.2) is 41.6 Å². The van der Waals surface area contributed by atoms with Crippen molar-refractivity contribution >= 4 is 12.0 Å². The fourth-order valence-electron chi connectivity index (χ4n) is 2.20. The number of aliphatic hydroxyl groups is 1. The van der Waals surface area contributed by atoms with Gasteiger partial charge < -0.3 is 19.9 Å². The molecular formula is C17H24N2O5. The van der Waals surface area contributed by atoms with Crippen LogP contribution in [0.2, 0.25) is 0 Å². The van der Waals surface area contributed by atoms with Crippen molar-refractivity contribution in [1.82, 2.24) is 10.6 Å². The Bertz CT molecular complexity index is 561. The average Bonchev–Trinajstić information content (AvgIpc) is 3.37. The Labute approximate surface area is 141 Å². The molecule has 1 aliphatic carbocycles.